The van der Waals surface area contributed by atoms with Gasteiger partial charge in [-0.1, -0.05) is 31.0 Å². The van der Waals surface area contributed by atoms with Crippen LogP contribution in [0.2, 0.25) is 0 Å². The van der Waals surface area contributed by atoms with Gasteiger partial charge in [0, 0.05) is 18.8 Å². The van der Waals surface area contributed by atoms with Crippen LogP contribution in [-0.4, -0.2) is 61.3 Å². The van der Waals surface area contributed by atoms with Crippen LogP contribution in [0.3, 0.4) is 0 Å². The van der Waals surface area contributed by atoms with Crippen LogP contribution in [0.5, 0.6) is 0 Å². The van der Waals surface area contributed by atoms with E-state index in [4.69, 9.17) is 4.74 Å². The van der Waals surface area contributed by atoms with Crippen molar-refractivity contribution in [1.29, 1.82) is 0 Å². The second kappa shape index (κ2) is 9.78. The predicted octanol–water partition coefficient (Wildman–Crippen LogP) is 3.58. The molecule has 0 bridgehead atoms. The van der Waals surface area contributed by atoms with E-state index < -0.39 is 0 Å². The zero-order valence-corrected chi connectivity index (χ0v) is 15.2. The molecule has 138 valence electrons. The maximum atomic E-state index is 12.3. The van der Waals surface area contributed by atoms with Gasteiger partial charge in [0.1, 0.15) is 6.10 Å². The van der Waals surface area contributed by atoms with Gasteiger partial charge in [0.05, 0.1) is 0 Å². The number of benzene rings is 1. The molecular weight excluding hydrogens is 314 g/mol. The summed E-state index contributed by atoms with van der Waals surface area (Å²) in [5.41, 5.74) is 0.780. The topological polar surface area (TPSA) is 44.8 Å². The summed E-state index contributed by atoms with van der Waals surface area (Å²) in [4.78, 5) is 17.2. The molecule has 1 aromatic carbocycles. The summed E-state index contributed by atoms with van der Waals surface area (Å²) in [5, 5.41) is 2.85. The number of amides is 1. The fourth-order valence-electron chi connectivity index (χ4n) is 3.81. The van der Waals surface area contributed by atoms with E-state index in [-0.39, 0.29) is 12.2 Å². The van der Waals surface area contributed by atoms with Crippen LogP contribution >= 0.6 is 0 Å². The van der Waals surface area contributed by atoms with Crippen LogP contribution in [0.25, 0.3) is 0 Å². The highest BCUT2D eigenvalue weighted by atomic mass is 16.6. The standard InChI is InChI=1S/C20H31N3O2/c24-20(21-18-10-4-1-5-11-18)25-19(16-22-12-6-2-7-13-22)17-23-14-8-3-9-15-23/h1,4-5,10-11,19H,2-3,6-9,12-17H2,(H,21,24). The van der Waals surface area contributed by atoms with Gasteiger partial charge < -0.3 is 4.74 Å². The monoisotopic (exact) mass is 345 g/mol. The molecule has 2 saturated heterocycles. The lowest BCUT2D eigenvalue weighted by molar-refractivity contribution is 0.0438. The molecule has 0 spiro atoms. The lowest BCUT2D eigenvalue weighted by atomic mass is 10.1. The molecule has 1 aromatic rings. The maximum Gasteiger partial charge on any atom is 0.411 e. The fraction of sp³-hybridized carbons (Fsp3) is 0.650. The van der Waals surface area contributed by atoms with E-state index in [2.05, 4.69) is 15.1 Å². The average Bonchev–Trinajstić information content (AvgIpc) is 2.64. The van der Waals surface area contributed by atoms with Gasteiger partial charge in [-0.25, -0.2) is 4.79 Å². The minimum absolute atomic E-state index is 0.0695. The van der Waals surface area contributed by atoms with Gasteiger partial charge in [-0.3, -0.25) is 15.1 Å². The van der Waals surface area contributed by atoms with Crippen molar-refractivity contribution in [1.82, 2.24) is 9.80 Å². The minimum atomic E-state index is -0.342. The first-order valence-corrected chi connectivity index (χ1v) is 9.77. The Bertz CT molecular complexity index is 491. The molecule has 0 aliphatic carbocycles. The molecule has 25 heavy (non-hydrogen) atoms. The average molecular weight is 345 g/mol. The molecule has 0 aromatic heterocycles. The summed E-state index contributed by atoms with van der Waals surface area (Å²) < 4.78 is 5.83. The number of nitrogens with one attached hydrogen (secondary N) is 1. The number of carbonyl (C=O) groups is 1. The molecule has 0 saturated carbocycles. The number of likely N-dealkylation sites (tertiary alicyclic amines) is 2. The van der Waals surface area contributed by atoms with E-state index in [0.29, 0.717) is 0 Å². The maximum absolute atomic E-state index is 12.3. The van der Waals surface area contributed by atoms with E-state index in [9.17, 15) is 4.79 Å². The Morgan fingerprint density at radius 2 is 1.40 bits per heavy atom. The molecule has 2 fully saturated rings. The second-order valence-corrected chi connectivity index (χ2v) is 7.24. The normalized spacial score (nSPS) is 19.7. The van der Waals surface area contributed by atoms with Crippen molar-refractivity contribution in [2.45, 2.75) is 44.6 Å². The number of para-hydroxylation sites is 1. The van der Waals surface area contributed by atoms with Crippen molar-refractivity contribution in [3.8, 4) is 0 Å². The summed E-state index contributed by atoms with van der Waals surface area (Å²) >= 11 is 0. The van der Waals surface area contributed by atoms with Gasteiger partial charge in [-0.2, -0.15) is 0 Å². The Hall–Kier alpha value is -1.59. The minimum Gasteiger partial charge on any atom is -0.443 e. The Balaban J connectivity index is 1.54. The summed E-state index contributed by atoms with van der Waals surface area (Å²) in [5.74, 6) is 0. The smallest absolute Gasteiger partial charge is 0.411 e. The molecule has 0 radical (unpaired) electrons. The lowest BCUT2D eigenvalue weighted by Crippen LogP contribution is -2.45. The zero-order valence-electron chi connectivity index (χ0n) is 15.2. The highest BCUT2D eigenvalue weighted by molar-refractivity contribution is 5.84. The van der Waals surface area contributed by atoms with Gasteiger partial charge >= 0.3 is 6.09 Å². The van der Waals surface area contributed by atoms with Gasteiger partial charge in [0.15, 0.2) is 0 Å². The summed E-state index contributed by atoms with van der Waals surface area (Å²) in [7, 11) is 0. The molecular formula is C20H31N3O2. The molecule has 1 N–H and O–H groups in total. The molecule has 5 nitrogen and oxygen atoms in total. The number of piperidine rings is 2. The van der Waals surface area contributed by atoms with Crippen LogP contribution in [0.4, 0.5) is 10.5 Å². The van der Waals surface area contributed by atoms with Gasteiger partial charge in [-0.15, -0.1) is 0 Å². The fourth-order valence-corrected chi connectivity index (χ4v) is 3.81. The van der Waals surface area contributed by atoms with Crippen LogP contribution < -0.4 is 5.32 Å². The van der Waals surface area contributed by atoms with Crippen molar-refractivity contribution in [3.05, 3.63) is 30.3 Å². The molecule has 2 heterocycles. The van der Waals surface area contributed by atoms with Gasteiger partial charge in [0.25, 0.3) is 0 Å². The zero-order chi connectivity index (χ0) is 17.3. The number of ether oxygens (including phenoxy) is 1. The van der Waals surface area contributed by atoms with Crippen LogP contribution in [0.15, 0.2) is 30.3 Å². The second-order valence-electron chi connectivity index (χ2n) is 7.24. The van der Waals surface area contributed by atoms with Gasteiger partial charge in [0.2, 0.25) is 0 Å². The number of nitrogens with zero attached hydrogens (tertiary/aromatic N) is 2. The molecule has 5 heteroatoms. The van der Waals surface area contributed by atoms with E-state index in [1.807, 2.05) is 30.3 Å². The molecule has 1 amide bonds. The Kier molecular flexibility index (Phi) is 7.12. The van der Waals surface area contributed by atoms with Crippen molar-refractivity contribution in [2.24, 2.45) is 0 Å². The SMILES string of the molecule is O=C(Nc1ccccc1)OC(CN1CCCCC1)CN1CCCCC1. The Morgan fingerprint density at radius 3 is 1.92 bits per heavy atom. The molecule has 3 rings (SSSR count). The highest BCUT2D eigenvalue weighted by Gasteiger charge is 2.23. The van der Waals surface area contributed by atoms with Crippen molar-refractivity contribution in [3.63, 3.8) is 0 Å². The van der Waals surface area contributed by atoms with E-state index in [0.717, 1.165) is 45.0 Å². The number of carbonyl (C=O) groups excluding carboxylic acids is 1. The van der Waals surface area contributed by atoms with Gasteiger partial charge in [-0.05, 0) is 64.0 Å². The number of rotatable bonds is 6. The molecule has 2 aliphatic rings. The third kappa shape index (κ3) is 6.33. The first-order valence-electron chi connectivity index (χ1n) is 9.77. The molecule has 0 unspecified atom stereocenters. The highest BCUT2D eigenvalue weighted by Crippen LogP contribution is 2.14. The number of anilines is 1. The first-order chi connectivity index (χ1) is 12.3. The van der Waals surface area contributed by atoms with E-state index in [1.165, 1.54) is 38.5 Å². The van der Waals surface area contributed by atoms with Crippen LogP contribution in [0, 0.1) is 0 Å². The van der Waals surface area contributed by atoms with Crippen molar-refractivity contribution < 1.29 is 9.53 Å². The lowest BCUT2D eigenvalue weighted by Gasteiger charge is -2.34. The Labute approximate surface area is 151 Å². The van der Waals surface area contributed by atoms with Crippen LogP contribution in [0.1, 0.15) is 38.5 Å². The van der Waals surface area contributed by atoms with Crippen molar-refractivity contribution in [2.75, 3.05) is 44.6 Å². The van der Waals surface area contributed by atoms with E-state index in [1.54, 1.807) is 0 Å². The first kappa shape index (κ1) is 18.2. The molecule has 0 atom stereocenters. The molecule has 2 aliphatic heterocycles. The van der Waals surface area contributed by atoms with Crippen LogP contribution in [-0.2, 0) is 4.74 Å². The Morgan fingerprint density at radius 1 is 0.880 bits per heavy atom. The van der Waals surface area contributed by atoms with Crippen molar-refractivity contribution >= 4 is 11.8 Å². The third-order valence-corrected chi connectivity index (χ3v) is 5.11. The quantitative estimate of drug-likeness (QED) is 0.856. The number of hydrogen-bond donors (Lipinski definition) is 1. The predicted molar refractivity (Wildman–Crippen MR) is 101 cm³/mol. The largest absolute Gasteiger partial charge is 0.443 e. The summed E-state index contributed by atoms with van der Waals surface area (Å²) in [6, 6.07) is 9.52. The summed E-state index contributed by atoms with van der Waals surface area (Å²) in [6.07, 6.45) is 7.26. The number of hydrogen-bond acceptors (Lipinski definition) is 4. The summed E-state index contributed by atoms with van der Waals surface area (Å²) in [6.45, 7) is 6.19. The third-order valence-electron chi connectivity index (χ3n) is 5.11. The van der Waals surface area contributed by atoms with E-state index >= 15 is 0 Å².